The summed E-state index contributed by atoms with van der Waals surface area (Å²) in [5, 5.41) is 3.26. The molecule has 0 aliphatic rings. The molecular weight excluding hydrogens is 275 g/mol. The zero-order valence-corrected chi connectivity index (χ0v) is 11.7. The summed E-state index contributed by atoms with van der Waals surface area (Å²) in [6.07, 6.45) is 0. The predicted molar refractivity (Wildman–Crippen MR) is 73.7 cm³/mol. The second kappa shape index (κ2) is 5.83. The molecule has 0 spiro atoms. The van der Waals surface area contributed by atoms with Gasteiger partial charge in [-0.25, -0.2) is 4.98 Å². The molecule has 2 aromatic rings. The van der Waals surface area contributed by atoms with Crippen LogP contribution in [0.4, 0.5) is 0 Å². The highest BCUT2D eigenvalue weighted by molar-refractivity contribution is 7.07. The topological polar surface area (TPSA) is 16.1 Å². The number of rotatable bonds is 4. The lowest BCUT2D eigenvalue weighted by Gasteiger charge is -2.15. The minimum absolute atomic E-state index is 0.595. The van der Waals surface area contributed by atoms with Crippen LogP contribution >= 0.6 is 34.5 Å². The summed E-state index contributed by atoms with van der Waals surface area (Å²) >= 11 is 13.5. The van der Waals surface area contributed by atoms with Crippen molar-refractivity contribution in [1.29, 1.82) is 0 Å². The Morgan fingerprint density at radius 2 is 2.06 bits per heavy atom. The van der Waals surface area contributed by atoms with Crippen LogP contribution in [0.15, 0.2) is 29.1 Å². The minimum Gasteiger partial charge on any atom is -0.296 e. The van der Waals surface area contributed by atoms with Gasteiger partial charge in [-0.05, 0) is 24.7 Å². The molecular formula is C12H12Cl2N2S. The van der Waals surface area contributed by atoms with Crippen LogP contribution in [0.5, 0.6) is 0 Å². The van der Waals surface area contributed by atoms with Crippen molar-refractivity contribution in [2.24, 2.45) is 0 Å². The van der Waals surface area contributed by atoms with E-state index in [1.54, 1.807) is 11.3 Å². The number of hydrogen-bond donors (Lipinski definition) is 0. The van der Waals surface area contributed by atoms with E-state index >= 15 is 0 Å². The number of hydrogen-bond acceptors (Lipinski definition) is 3. The Hall–Kier alpha value is -0.610. The lowest BCUT2D eigenvalue weighted by Crippen LogP contribution is -2.17. The van der Waals surface area contributed by atoms with E-state index in [4.69, 9.17) is 23.2 Å². The van der Waals surface area contributed by atoms with Crippen LogP contribution in [0.2, 0.25) is 10.0 Å². The normalized spacial score (nSPS) is 11.1. The van der Waals surface area contributed by atoms with Gasteiger partial charge in [-0.15, -0.1) is 11.3 Å². The van der Waals surface area contributed by atoms with Crippen LogP contribution in [0.25, 0.3) is 0 Å². The van der Waals surface area contributed by atoms with E-state index in [2.05, 4.69) is 22.3 Å². The maximum atomic E-state index is 5.98. The number of benzene rings is 1. The van der Waals surface area contributed by atoms with Gasteiger partial charge in [0, 0.05) is 18.5 Å². The summed E-state index contributed by atoms with van der Waals surface area (Å²) in [6.45, 7) is 1.66. The quantitative estimate of drug-likeness (QED) is 0.842. The van der Waals surface area contributed by atoms with Crippen LogP contribution in [0, 0.1) is 0 Å². The Labute approximate surface area is 115 Å². The van der Waals surface area contributed by atoms with Crippen LogP contribution in [0.3, 0.4) is 0 Å². The van der Waals surface area contributed by atoms with Gasteiger partial charge in [0.1, 0.15) is 0 Å². The van der Waals surface area contributed by atoms with Crippen LogP contribution in [-0.2, 0) is 13.1 Å². The molecule has 0 saturated carbocycles. The Morgan fingerprint density at radius 3 is 2.71 bits per heavy atom. The first kappa shape index (κ1) is 12.8. The molecule has 0 radical (unpaired) electrons. The fourth-order valence-electron chi connectivity index (χ4n) is 1.60. The summed E-state index contributed by atoms with van der Waals surface area (Å²) in [5.74, 6) is 0. The number of aromatic nitrogens is 1. The van der Waals surface area contributed by atoms with Gasteiger partial charge in [0.2, 0.25) is 0 Å². The maximum Gasteiger partial charge on any atom is 0.0795 e. The molecule has 0 saturated heterocycles. The van der Waals surface area contributed by atoms with Gasteiger partial charge in [0.15, 0.2) is 0 Å². The van der Waals surface area contributed by atoms with Crippen molar-refractivity contribution in [2.45, 2.75) is 13.1 Å². The van der Waals surface area contributed by atoms with Crippen LogP contribution in [-0.4, -0.2) is 16.9 Å². The fourth-order valence-corrected chi connectivity index (χ4v) is 2.47. The number of nitrogens with zero attached hydrogens (tertiary/aromatic N) is 2. The Bertz CT molecular complexity index is 485. The van der Waals surface area contributed by atoms with E-state index in [1.807, 2.05) is 23.7 Å². The van der Waals surface area contributed by atoms with Crippen LogP contribution < -0.4 is 0 Å². The van der Waals surface area contributed by atoms with Crippen LogP contribution in [0.1, 0.15) is 11.3 Å². The van der Waals surface area contributed by atoms with E-state index in [-0.39, 0.29) is 0 Å². The van der Waals surface area contributed by atoms with E-state index < -0.39 is 0 Å². The lowest BCUT2D eigenvalue weighted by molar-refractivity contribution is 0.316. The van der Waals surface area contributed by atoms with Gasteiger partial charge >= 0.3 is 0 Å². The van der Waals surface area contributed by atoms with Gasteiger partial charge in [-0.3, -0.25) is 4.90 Å². The number of halogens is 2. The molecule has 0 fully saturated rings. The fraction of sp³-hybridized carbons (Fsp3) is 0.250. The third kappa shape index (κ3) is 3.68. The minimum atomic E-state index is 0.595. The van der Waals surface area contributed by atoms with Crippen molar-refractivity contribution in [3.05, 3.63) is 50.4 Å². The zero-order valence-electron chi connectivity index (χ0n) is 9.36. The maximum absolute atomic E-state index is 5.98. The standard InChI is InChI=1S/C12H12Cl2N2S/c1-16(6-10-7-17-8-15-10)5-9-2-3-11(13)12(14)4-9/h2-4,7-8H,5-6H2,1H3. The molecule has 5 heteroatoms. The second-order valence-corrected chi connectivity index (χ2v) is 5.43. The molecule has 1 aromatic carbocycles. The molecule has 0 aliphatic carbocycles. The molecule has 2 nitrogen and oxygen atoms in total. The summed E-state index contributed by atoms with van der Waals surface area (Å²) in [6, 6.07) is 5.73. The molecule has 1 aromatic heterocycles. The average molecular weight is 287 g/mol. The van der Waals surface area contributed by atoms with E-state index in [0.29, 0.717) is 10.0 Å². The van der Waals surface area contributed by atoms with Gasteiger partial charge in [-0.2, -0.15) is 0 Å². The molecule has 2 rings (SSSR count). The van der Waals surface area contributed by atoms with Gasteiger partial charge in [0.25, 0.3) is 0 Å². The monoisotopic (exact) mass is 286 g/mol. The molecule has 0 N–H and O–H groups in total. The predicted octanol–water partition coefficient (Wildman–Crippen LogP) is 4.08. The SMILES string of the molecule is CN(Cc1ccc(Cl)c(Cl)c1)Cc1cscn1. The Kier molecular flexibility index (Phi) is 4.40. The van der Waals surface area contributed by atoms with Gasteiger partial charge < -0.3 is 0 Å². The smallest absolute Gasteiger partial charge is 0.0795 e. The molecule has 0 bridgehead atoms. The first-order valence-electron chi connectivity index (χ1n) is 5.14. The zero-order chi connectivity index (χ0) is 12.3. The van der Waals surface area contributed by atoms with E-state index in [9.17, 15) is 0 Å². The molecule has 17 heavy (non-hydrogen) atoms. The molecule has 0 unspecified atom stereocenters. The average Bonchev–Trinajstić information content (AvgIpc) is 2.76. The van der Waals surface area contributed by atoms with Crippen molar-refractivity contribution >= 4 is 34.5 Å². The third-order valence-electron chi connectivity index (χ3n) is 2.35. The first-order chi connectivity index (χ1) is 8.15. The first-order valence-corrected chi connectivity index (χ1v) is 6.84. The molecule has 0 atom stereocenters. The summed E-state index contributed by atoms with van der Waals surface area (Å²) < 4.78 is 0. The van der Waals surface area contributed by atoms with Gasteiger partial charge in [-0.1, -0.05) is 29.3 Å². The molecule has 0 aliphatic heterocycles. The summed E-state index contributed by atoms with van der Waals surface area (Å²) in [7, 11) is 2.06. The third-order valence-corrected chi connectivity index (χ3v) is 3.73. The summed E-state index contributed by atoms with van der Waals surface area (Å²) in [4.78, 5) is 6.45. The van der Waals surface area contributed by atoms with E-state index in [1.165, 1.54) is 0 Å². The Balaban J connectivity index is 1.98. The van der Waals surface area contributed by atoms with Crippen molar-refractivity contribution < 1.29 is 0 Å². The highest BCUT2D eigenvalue weighted by Gasteiger charge is 2.05. The lowest BCUT2D eigenvalue weighted by atomic mass is 10.2. The van der Waals surface area contributed by atoms with Crippen molar-refractivity contribution in [3.63, 3.8) is 0 Å². The largest absolute Gasteiger partial charge is 0.296 e. The van der Waals surface area contributed by atoms with Gasteiger partial charge in [0.05, 0.1) is 21.2 Å². The second-order valence-electron chi connectivity index (χ2n) is 3.90. The van der Waals surface area contributed by atoms with Crippen molar-refractivity contribution in [3.8, 4) is 0 Å². The Morgan fingerprint density at radius 1 is 1.24 bits per heavy atom. The molecule has 1 heterocycles. The highest BCUT2D eigenvalue weighted by Crippen LogP contribution is 2.23. The highest BCUT2D eigenvalue weighted by atomic mass is 35.5. The molecule has 0 amide bonds. The summed E-state index contributed by atoms with van der Waals surface area (Å²) in [5.41, 5.74) is 4.09. The number of thiazole rings is 1. The van der Waals surface area contributed by atoms with Crippen molar-refractivity contribution in [2.75, 3.05) is 7.05 Å². The van der Waals surface area contributed by atoms with E-state index in [0.717, 1.165) is 24.3 Å². The van der Waals surface area contributed by atoms with Crippen molar-refractivity contribution in [1.82, 2.24) is 9.88 Å². The molecule has 90 valence electrons.